The van der Waals surface area contributed by atoms with E-state index in [2.05, 4.69) is 0 Å². The molecule has 0 aromatic heterocycles. The van der Waals surface area contributed by atoms with Crippen LogP contribution < -0.4 is 0 Å². The molecule has 1 saturated carbocycles. The Kier molecular flexibility index (Phi) is 2.70. The van der Waals surface area contributed by atoms with Crippen molar-refractivity contribution in [2.75, 3.05) is 0 Å². The quantitative estimate of drug-likeness (QED) is 0.856. The molecule has 15 heavy (non-hydrogen) atoms. The van der Waals surface area contributed by atoms with Crippen molar-refractivity contribution in [3.63, 3.8) is 0 Å². The van der Waals surface area contributed by atoms with Crippen LogP contribution in [0.2, 0.25) is 5.02 Å². The second-order valence-electron chi connectivity index (χ2n) is 4.16. The molecule has 2 nitrogen and oxygen atoms in total. The van der Waals surface area contributed by atoms with Crippen molar-refractivity contribution in [1.82, 2.24) is 0 Å². The van der Waals surface area contributed by atoms with Crippen LogP contribution in [-0.4, -0.2) is 11.1 Å². The van der Waals surface area contributed by atoms with Gasteiger partial charge in [0.2, 0.25) is 0 Å². The number of hydrogen-bond donors (Lipinski definition) is 1. The number of halogens is 1. The van der Waals surface area contributed by atoms with Gasteiger partial charge in [-0.3, -0.25) is 4.79 Å². The van der Waals surface area contributed by atoms with Crippen LogP contribution in [0, 0.1) is 12.8 Å². The molecule has 1 aromatic carbocycles. The molecule has 1 fully saturated rings. The number of carboxylic acids is 1. The number of aliphatic carboxylic acids is 1. The Labute approximate surface area is 93.9 Å². The highest BCUT2D eigenvalue weighted by Crippen LogP contribution is 2.43. The maximum absolute atomic E-state index is 11.1. The summed E-state index contributed by atoms with van der Waals surface area (Å²) in [6.45, 7) is 1.92. The highest BCUT2D eigenvalue weighted by atomic mass is 35.5. The summed E-state index contributed by atoms with van der Waals surface area (Å²) < 4.78 is 0. The summed E-state index contributed by atoms with van der Waals surface area (Å²) in [5, 5.41) is 9.81. The van der Waals surface area contributed by atoms with E-state index in [1.54, 1.807) is 6.07 Å². The largest absolute Gasteiger partial charge is 0.481 e. The standard InChI is InChI=1S/C12H13ClO2/c1-7-2-3-9(6-10(7)13)11(12(14)15)8-4-5-8/h2-3,6,8,11H,4-5H2,1H3,(H,14,15). The van der Waals surface area contributed by atoms with E-state index in [0.29, 0.717) is 10.9 Å². The number of aryl methyl sites for hydroxylation is 1. The average Bonchev–Trinajstić information content (AvgIpc) is 2.95. The third-order valence-electron chi connectivity index (χ3n) is 2.91. The van der Waals surface area contributed by atoms with Gasteiger partial charge in [-0.25, -0.2) is 0 Å². The summed E-state index contributed by atoms with van der Waals surface area (Å²) in [5.41, 5.74) is 1.82. The van der Waals surface area contributed by atoms with Gasteiger partial charge in [0.05, 0.1) is 5.92 Å². The molecule has 0 radical (unpaired) electrons. The van der Waals surface area contributed by atoms with E-state index in [4.69, 9.17) is 16.7 Å². The first kappa shape index (κ1) is 10.5. The average molecular weight is 225 g/mol. The number of carboxylic acid groups (broad SMARTS) is 1. The SMILES string of the molecule is Cc1ccc(C(C(=O)O)C2CC2)cc1Cl. The summed E-state index contributed by atoms with van der Waals surface area (Å²) >= 11 is 5.99. The minimum atomic E-state index is -0.739. The van der Waals surface area contributed by atoms with Gasteiger partial charge in [-0.2, -0.15) is 0 Å². The van der Waals surface area contributed by atoms with Crippen LogP contribution >= 0.6 is 11.6 Å². The zero-order valence-electron chi connectivity index (χ0n) is 8.53. The lowest BCUT2D eigenvalue weighted by Gasteiger charge is -2.12. The van der Waals surface area contributed by atoms with Gasteiger partial charge in [-0.15, -0.1) is 0 Å². The van der Waals surface area contributed by atoms with Crippen molar-refractivity contribution in [3.05, 3.63) is 34.3 Å². The third-order valence-corrected chi connectivity index (χ3v) is 3.32. The van der Waals surface area contributed by atoms with Crippen LogP contribution in [0.3, 0.4) is 0 Å². The van der Waals surface area contributed by atoms with Crippen LogP contribution in [-0.2, 0) is 4.79 Å². The minimum absolute atomic E-state index is 0.307. The maximum atomic E-state index is 11.1. The lowest BCUT2D eigenvalue weighted by molar-refractivity contribution is -0.139. The van der Waals surface area contributed by atoms with Gasteiger partial charge in [0.15, 0.2) is 0 Å². The summed E-state index contributed by atoms with van der Waals surface area (Å²) in [6, 6.07) is 5.54. The van der Waals surface area contributed by atoms with Gasteiger partial charge in [0.25, 0.3) is 0 Å². The minimum Gasteiger partial charge on any atom is -0.481 e. The Hall–Kier alpha value is -1.02. The molecule has 0 spiro atoms. The van der Waals surface area contributed by atoms with E-state index >= 15 is 0 Å². The van der Waals surface area contributed by atoms with Crippen LogP contribution in [0.4, 0.5) is 0 Å². The van der Waals surface area contributed by atoms with Gasteiger partial charge < -0.3 is 5.11 Å². The smallest absolute Gasteiger partial charge is 0.311 e. The summed E-state index contributed by atoms with van der Waals surface area (Å²) in [7, 11) is 0. The zero-order chi connectivity index (χ0) is 11.0. The maximum Gasteiger partial charge on any atom is 0.311 e. The van der Waals surface area contributed by atoms with Gasteiger partial charge in [-0.05, 0) is 42.9 Å². The van der Waals surface area contributed by atoms with Crippen molar-refractivity contribution >= 4 is 17.6 Å². The molecule has 0 bridgehead atoms. The molecule has 0 saturated heterocycles. The van der Waals surface area contributed by atoms with Crippen molar-refractivity contribution < 1.29 is 9.90 Å². The lowest BCUT2D eigenvalue weighted by Crippen LogP contribution is -2.13. The molecule has 1 aliphatic rings. The fourth-order valence-corrected chi connectivity index (χ4v) is 2.04. The van der Waals surface area contributed by atoms with E-state index in [1.165, 1.54) is 0 Å². The number of benzene rings is 1. The van der Waals surface area contributed by atoms with Crippen LogP contribution in [0.5, 0.6) is 0 Å². The van der Waals surface area contributed by atoms with E-state index < -0.39 is 5.97 Å². The van der Waals surface area contributed by atoms with E-state index in [1.807, 2.05) is 19.1 Å². The third kappa shape index (κ3) is 2.15. The van der Waals surface area contributed by atoms with Crippen LogP contribution in [0.25, 0.3) is 0 Å². The topological polar surface area (TPSA) is 37.3 Å². The fraction of sp³-hybridized carbons (Fsp3) is 0.417. The molecule has 80 valence electrons. The summed E-state index contributed by atoms with van der Waals surface area (Å²) in [4.78, 5) is 11.1. The van der Waals surface area contributed by atoms with E-state index in [-0.39, 0.29) is 5.92 Å². The second-order valence-corrected chi connectivity index (χ2v) is 4.57. The van der Waals surface area contributed by atoms with Crippen LogP contribution in [0.1, 0.15) is 29.9 Å². The molecular weight excluding hydrogens is 212 g/mol. The highest BCUT2D eigenvalue weighted by molar-refractivity contribution is 6.31. The van der Waals surface area contributed by atoms with Crippen molar-refractivity contribution in [2.24, 2.45) is 5.92 Å². The first-order chi connectivity index (χ1) is 7.09. The van der Waals surface area contributed by atoms with Gasteiger partial charge in [0, 0.05) is 5.02 Å². The van der Waals surface area contributed by atoms with Crippen molar-refractivity contribution in [3.8, 4) is 0 Å². The number of rotatable bonds is 3. The summed E-state index contributed by atoms with van der Waals surface area (Å²) in [6.07, 6.45) is 2.03. The molecule has 1 unspecified atom stereocenters. The monoisotopic (exact) mass is 224 g/mol. The molecule has 0 heterocycles. The summed E-state index contributed by atoms with van der Waals surface area (Å²) in [5.74, 6) is -0.804. The zero-order valence-corrected chi connectivity index (χ0v) is 9.29. The first-order valence-electron chi connectivity index (χ1n) is 5.08. The van der Waals surface area contributed by atoms with Gasteiger partial charge in [0.1, 0.15) is 0 Å². The fourth-order valence-electron chi connectivity index (χ4n) is 1.85. The molecule has 0 aliphatic heterocycles. The van der Waals surface area contributed by atoms with E-state index in [9.17, 15) is 4.79 Å². The number of hydrogen-bond acceptors (Lipinski definition) is 1. The Bertz CT molecular complexity index is 397. The molecule has 1 atom stereocenters. The molecule has 2 rings (SSSR count). The van der Waals surface area contributed by atoms with Crippen molar-refractivity contribution in [2.45, 2.75) is 25.7 Å². The molecular formula is C12H13ClO2. The van der Waals surface area contributed by atoms with Crippen LogP contribution in [0.15, 0.2) is 18.2 Å². The Morgan fingerprint density at radius 2 is 2.20 bits per heavy atom. The van der Waals surface area contributed by atoms with E-state index in [0.717, 1.165) is 24.0 Å². The molecule has 1 N–H and O–H groups in total. The number of carbonyl (C=O) groups is 1. The first-order valence-corrected chi connectivity index (χ1v) is 5.46. The van der Waals surface area contributed by atoms with Crippen molar-refractivity contribution in [1.29, 1.82) is 0 Å². The molecule has 1 aromatic rings. The Morgan fingerprint density at radius 3 is 2.67 bits per heavy atom. The molecule has 0 amide bonds. The van der Waals surface area contributed by atoms with Gasteiger partial charge >= 0.3 is 5.97 Å². The predicted molar refractivity (Wildman–Crippen MR) is 59.3 cm³/mol. The molecule has 3 heteroatoms. The normalized spacial score (nSPS) is 17.5. The predicted octanol–water partition coefficient (Wildman–Crippen LogP) is 3.23. The highest BCUT2D eigenvalue weighted by Gasteiger charge is 2.37. The molecule has 1 aliphatic carbocycles. The second kappa shape index (κ2) is 3.86. The lowest BCUT2D eigenvalue weighted by atomic mass is 9.94. The Balaban J connectivity index is 2.33. The van der Waals surface area contributed by atoms with Gasteiger partial charge in [-0.1, -0.05) is 23.7 Å². The Morgan fingerprint density at radius 1 is 1.53 bits per heavy atom.